The molecule has 7 heteroatoms. The van der Waals surface area contributed by atoms with Gasteiger partial charge in [-0.2, -0.15) is 0 Å². The highest BCUT2D eigenvalue weighted by atomic mass is 16.6. The summed E-state index contributed by atoms with van der Waals surface area (Å²) in [6, 6.07) is 7.26. The van der Waals surface area contributed by atoms with E-state index < -0.39 is 24.6 Å². The van der Waals surface area contributed by atoms with Gasteiger partial charge in [0.25, 0.3) is 5.91 Å². The Morgan fingerprint density at radius 2 is 1.96 bits per heavy atom. The van der Waals surface area contributed by atoms with E-state index in [1.807, 2.05) is 19.1 Å². The van der Waals surface area contributed by atoms with Gasteiger partial charge in [-0.1, -0.05) is 12.1 Å². The molecule has 0 saturated heterocycles. The summed E-state index contributed by atoms with van der Waals surface area (Å²) in [5, 5.41) is 2.37. The summed E-state index contributed by atoms with van der Waals surface area (Å²) in [5.74, 6) is -0.895. The van der Waals surface area contributed by atoms with Crippen LogP contribution < -0.4 is 10.1 Å². The van der Waals surface area contributed by atoms with Crippen LogP contribution in [0.5, 0.6) is 5.75 Å². The molecule has 0 heterocycles. The Kier molecular flexibility index (Phi) is 7.05. The molecule has 1 rings (SSSR count). The number of hydrogen-bond donors (Lipinski definition) is 1. The molecule has 0 aliphatic heterocycles. The molecule has 0 aromatic heterocycles. The predicted octanol–water partition coefficient (Wildman–Crippen LogP) is 0.510. The van der Waals surface area contributed by atoms with E-state index in [4.69, 9.17) is 9.47 Å². The molecule has 1 aromatic carbocycles. The second-order valence-corrected chi connectivity index (χ2v) is 5.25. The number of rotatable bonds is 7. The Balaban J connectivity index is 2.35. The minimum atomic E-state index is -0.840. The highest BCUT2D eigenvalue weighted by Crippen LogP contribution is 2.14. The number of aryl methyl sites for hydroxylation is 1. The summed E-state index contributed by atoms with van der Waals surface area (Å²) in [6.07, 6.45) is -0.840. The van der Waals surface area contributed by atoms with Crippen LogP contribution in [0.25, 0.3) is 0 Å². The average molecular weight is 322 g/mol. The van der Waals surface area contributed by atoms with E-state index in [-0.39, 0.29) is 12.5 Å². The first-order chi connectivity index (χ1) is 10.8. The lowest BCUT2D eigenvalue weighted by atomic mass is 10.2. The lowest BCUT2D eigenvalue weighted by Crippen LogP contribution is -2.39. The Labute approximate surface area is 135 Å². The van der Waals surface area contributed by atoms with Crippen molar-refractivity contribution in [2.45, 2.75) is 20.0 Å². The maximum absolute atomic E-state index is 11.8. The van der Waals surface area contributed by atoms with Crippen LogP contribution in [0.15, 0.2) is 24.3 Å². The van der Waals surface area contributed by atoms with Crippen LogP contribution in [-0.2, 0) is 19.1 Å². The van der Waals surface area contributed by atoms with Crippen LogP contribution in [0.1, 0.15) is 12.5 Å². The standard InChI is InChI=1S/C16H22N2O5/c1-11-6-5-7-13(8-11)23-12(2)16(21)22-10-14(19)17-9-15(20)18(3)4/h5-8,12H,9-10H2,1-4H3,(H,17,19)/t12-/m1/s1. The maximum atomic E-state index is 11.8. The van der Waals surface area contributed by atoms with Gasteiger partial charge in [-0.05, 0) is 31.5 Å². The Morgan fingerprint density at radius 1 is 1.26 bits per heavy atom. The summed E-state index contributed by atoms with van der Waals surface area (Å²) < 4.78 is 10.3. The Bertz CT molecular complexity index is 571. The van der Waals surface area contributed by atoms with Gasteiger partial charge in [-0.3, -0.25) is 9.59 Å². The van der Waals surface area contributed by atoms with E-state index in [9.17, 15) is 14.4 Å². The quantitative estimate of drug-likeness (QED) is 0.739. The van der Waals surface area contributed by atoms with Crippen LogP contribution >= 0.6 is 0 Å². The van der Waals surface area contributed by atoms with E-state index in [0.29, 0.717) is 5.75 Å². The van der Waals surface area contributed by atoms with Crippen molar-refractivity contribution in [3.63, 3.8) is 0 Å². The third-order valence-corrected chi connectivity index (χ3v) is 2.92. The van der Waals surface area contributed by atoms with Crippen molar-refractivity contribution in [2.24, 2.45) is 0 Å². The van der Waals surface area contributed by atoms with Crippen LogP contribution in [-0.4, -0.2) is 56.0 Å². The molecule has 2 amide bonds. The summed E-state index contributed by atoms with van der Waals surface area (Å²) in [5.41, 5.74) is 1.01. The van der Waals surface area contributed by atoms with E-state index in [0.717, 1.165) is 5.56 Å². The Morgan fingerprint density at radius 3 is 2.57 bits per heavy atom. The fraction of sp³-hybridized carbons (Fsp3) is 0.438. The molecule has 0 saturated carbocycles. The monoisotopic (exact) mass is 322 g/mol. The normalized spacial score (nSPS) is 11.3. The number of nitrogens with zero attached hydrogens (tertiary/aromatic N) is 1. The molecule has 23 heavy (non-hydrogen) atoms. The van der Waals surface area contributed by atoms with Gasteiger partial charge < -0.3 is 19.7 Å². The summed E-state index contributed by atoms with van der Waals surface area (Å²) in [7, 11) is 3.16. The lowest BCUT2D eigenvalue weighted by Gasteiger charge is -2.14. The highest BCUT2D eigenvalue weighted by molar-refractivity contribution is 5.86. The number of carbonyl (C=O) groups excluding carboxylic acids is 3. The predicted molar refractivity (Wildman–Crippen MR) is 83.9 cm³/mol. The molecule has 0 aliphatic carbocycles. The second-order valence-electron chi connectivity index (χ2n) is 5.25. The number of benzene rings is 1. The number of amides is 2. The fourth-order valence-electron chi connectivity index (χ4n) is 1.58. The van der Waals surface area contributed by atoms with Gasteiger partial charge >= 0.3 is 5.97 Å². The molecule has 0 aliphatic rings. The smallest absolute Gasteiger partial charge is 0.347 e. The molecule has 126 valence electrons. The summed E-state index contributed by atoms with van der Waals surface area (Å²) >= 11 is 0. The molecule has 1 atom stereocenters. The Hall–Kier alpha value is -2.57. The van der Waals surface area contributed by atoms with E-state index in [2.05, 4.69) is 5.32 Å². The van der Waals surface area contributed by atoms with Crippen molar-refractivity contribution >= 4 is 17.8 Å². The number of carbonyl (C=O) groups is 3. The maximum Gasteiger partial charge on any atom is 0.347 e. The van der Waals surface area contributed by atoms with Gasteiger partial charge in [0.2, 0.25) is 5.91 Å². The van der Waals surface area contributed by atoms with Gasteiger partial charge in [0, 0.05) is 14.1 Å². The summed E-state index contributed by atoms with van der Waals surface area (Å²) in [4.78, 5) is 35.9. The van der Waals surface area contributed by atoms with Crippen molar-refractivity contribution < 1.29 is 23.9 Å². The van der Waals surface area contributed by atoms with Crippen molar-refractivity contribution in [1.29, 1.82) is 0 Å². The molecule has 0 fully saturated rings. The van der Waals surface area contributed by atoms with Gasteiger partial charge in [0.05, 0.1) is 6.54 Å². The first-order valence-corrected chi connectivity index (χ1v) is 7.16. The van der Waals surface area contributed by atoms with Crippen molar-refractivity contribution in [3.05, 3.63) is 29.8 Å². The molecule has 0 bridgehead atoms. The largest absolute Gasteiger partial charge is 0.479 e. The number of nitrogens with one attached hydrogen (secondary N) is 1. The summed E-state index contributed by atoms with van der Waals surface area (Å²) in [6.45, 7) is 2.85. The molecule has 1 N–H and O–H groups in total. The molecule has 0 radical (unpaired) electrons. The zero-order valence-corrected chi connectivity index (χ0v) is 13.8. The van der Waals surface area contributed by atoms with Crippen LogP contribution in [0.2, 0.25) is 0 Å². The van der Waals surface area contributed by atoms with E-state index in [1.54, 1.807) is 26.2 Å². The number of esters is 1. The number of likely N-dealkylation sites (N-methyl/N-ethyl adjacent to an activating group) is 1. The minimum absolute atomic E-state index is 0.140. The van der Waals surface area contributed by atoms with Crippen molar-refractivity contribution in [3.8, 4) is 5.75 Å². The van der Waals surface area contributed by atoms with E-state index in [1.165, 1.54) is 11.8 Å². The van der Waals surface area contributed by atoms with Crippen molar-refractivity contribution in [2.75, 3.05) is 27.2 Å². The molecule has 1 aromatic rings. The third-order valence-electron chi connectivity index (χ3n) is 2.92. The van der Waals surface area contributed by atoms with Crippen LogP contribution in [0.3, 0.4) is 0 Å². The van der Waals surface area contributed by atoms with Crippen LogP contribution in [0.4, 0.5) is 0 Å². The molecule has 0 spiro atoms. The van der Waals surface area contributed by atoms with Gasteiger partial charge in [0.15, 0.2) is 12.7 Å². The molecular formula is C16H22N2O5. The average Bonchev–Trinajstić information content (AvgIpc) is 2.49. The van der Waals surface area contributed by atoms with Crippen molar-refractivity contribution in [1.82, 2.24) is 10.2 Å². The SMILES string of the molecule is Cc1cccc(O[C@H](C)C(=O)OCC(=O)NCC(=O)N(C)C)c1. The zero-order valence-electron chi connectivity index (χ0n) is 13.8. The first-order valence-electron chi connectivity index (χ1n) is 7.16. The van der Waals surface area contributed by atoms with Gasteiger partial charge in [-0.25, -0.2) is 4.79 Å². The first kappa shape index (κ1) is 18.5. The van der Waals surface area contributed by atoms with Gasteiger partial charge in [0.1, 0.15) is 5.75 Å². The fourth-order valence-corrected chi connectivity index (χ4v) is 1.58. The minimum Gasteiger partial charge on any atom is -0.479 e. The van der Waals surface area contributed by atoms with Gasteiger partial charge in [-0.15, -0.1) is 0 Å². The van der Waals surface area contributed by atoms with Crippen LogP contribution in [0, 0.1) is 6.92 Å². The molecule has 0 unspecified atom stereocenters. The number of hydrogen-bond acceptors (Lipinski definition) is 5. The highest BCUT2D eigenvalue weighted by Gasteiger charge is 2.18. The third kappa shape index (κ3) is 6.82. The lowest BCUT2D eigenvalue weighted by molar-refractivity contribution is -0.154. The zero-order chi connectivity index (χ0) is 17.4. The topological polar surface area (TPSA) is 84.9 Å². The molecule has 7 nitrogen and oxygen atoms in total. The van der Waals surface area contributed by atoms with E-state index >= 15 is 0 Å². The molecular weight excluding hydrogens is 300 g/mol. The second kappa shape index (κ2) is 8.77. The number of ether oxygens (including phenoxy) is 2.